The molecular weight excluding hydrogens is 389 g/mol. The van der Waals surface area contributed by atoms with E-state index in [1.807, 2.05) is 30.0 Å². The van der Waals surface area contributed by atoms with Gasteiger partial charge in [-0.2, -0.15) is 0 Å². The van der Waals surface area contributed by atoms with Gasteiger partial charge in [-0.05, 0) is 31.5 Å². The Hall–Kier alpha value is -2.38. The largest absolute Gasteiger partial charge is 0.401 e. The van der Waals surface area contributed by atoms with E-state index in [9.17, 15) is 9.59 Å². The number of aromatic nitrogens is 2. The topological polar surface area (TPSA) is 61.8 Å². The first-order chi connectivity index (χ1) is 12.7. The van der Waals surface area contributed by atoms with Crippen LogP contribution in [0.2, 0.25) is 10.0 Å². The molecule has 1 aromatic heterocycles. The quantitative estimate of drug-likeness (QED) is 0.719. The van der Waals surface area contributed by atoms with Gasteiger partial charge in [-0.25, -0.2) is 13.9 Å². The summed E-state index contributed by atoms with van der Waals surface area (Å²) in [5.41, 5.74) is 2.62. The lowest BCUT2D eigenvalue weighted by Gasteiger charge is -2.33. The van der Waals surface area contributed by atoms with E-state index in [-0.39, 0.29) is 12.5 Å². The first kappa shape index (κ1) is 18.0. The van der Waals surface area contributed by atoms with Gasteiger partial charge < -0.3 is 0 Å². The fourth-order valence-corrected chi connectivity index (χ4v) is 4.03. The highest BCUT2D eigenvalue weighted by Crippen LogP contribution is 2.35. The number of hydrogen-bond donors (Lipinski definition) is 0. The Labute approximate surface area is 166 Å². The third-order valence-corrected chi connectivity index (χ3v) is 5.91. The van der Waals surface area contributed by atoms with Gasteiger partial charge in [0.2, 0.25) is 11.9 Å². The van der Waals surface area contributed by atoms with Crippen LogP contribution in [0.1, 0.15) is 23.0 Å². The molecule has 9 heteroatoms. The number of imide groups is 1. The van der Waals surface area contributed by atoms with E-state index < -0.39 is 12.1 Å². The van der Waals surface area contributed by atoms with Crippen LogP contribution < -0.4 is 4.57 Å². The normalized spacial score (nSPS) is 18.7. The minimum atomic E-state index is -0.659. The molecule has 2 aliphatic rings. The predicted molar refractivity (Wildman–Crippen MR) is 101 cm³/mol. The molecule has 3 heterocycles. The number of benzene rings is 1. The molecule has 0 N–H and O–H groups in total. The highest BCUT2D eigenvalue weighted by atomic mass is 35.5. The third kappa shape index (κ3) is 2.49. The zero-order valence-corrected chi connectivity index (χ0v) is 16.8. The molecule has 0 aliphatic carbocycles. The Morgan fingerprint density at radius 1 is 1.22 bits per heavy atom. The summed E-state index contributed by atoms with van der Waals surface area (Å²) in [6.07, 6.45) is 0. The molecule has 0 bridgehead atoms. The van der Waals surface area contributed by atoms with Crippen molar-refractivity contribution >= 4 is 46.9 Å². The fraction of sp³-hybridized carbons (Fsp3) is 0.333. The summed E-state index contributed by atoms with van der Waals surface area (Å²) in [7, 11) is 3.53. The van der Waals surface area contributed by atoms with Crippen LogP contribution >= 0.6 is 23.2 Å². The Balaban J connectivity index is 1.77. The first-order valence-electron chi connectivity index (χ1n) is 8.41. The molecule has 4 rings (SSSR count). The number of halogens is 2. The molecule has 1 unspecified atom stereocenters. The van der Waals surface area contributed by atoms with E-state index in [4.69, 9.17) is 23.2 Å². The van der Waals surface area contributed by atoms with Gasteiger partial charge in [0.25, 0.3) is 5.91 Å². The number of carbonyl (C=O) groups excluding carboxylic acids is 2. The zero-order chi connectivity index (χ0) is 19.6. The summed E-state index contributed by atoms with van der Waals surface area (Å²) in [6, 6.07) is 3.92. The van der Waals surface area contributed by atoms with Crippen molar-refractivity contribution in [3.63, 3.8) is 0 Å². The van der Waals surface area contributed by atoms with Crippen molar-refractivity contribution in [2.45, 2.75) is 26.4 Å². The third-order valence-electron chi connectivity index (χ3n) is 5.33. The summed E-state index contributed by atoms with van der Waals surface area (Å²) in [6.45, 7) is 3.99. The fourth-order valence-electron chi connectivity index (χ4n) is 3.56. The van der Waals surface area contributed by atoms with E-state index in [1.165, 1.54) is 9.80 Å². The maximum absolute atomic E-state index is 13.3. The highest BCUT2D eigenvalue weighted by Gasteiger charge is 2.53. The second-order valence-electron chi connectivity index (χ2n) is 6.77. The average Bonchev–Trinajstić information content (AvgIpc) is 3.11. The Morgan fingerprint density at radius 3 is 2.59 bits per heavy atom. The number of aliphatic imine (C=N–C) groups is 1. The van der Waals surface area contributed by atoms with E-state index >= 15 is 0 Å². The number of nitrogens with zero attached hydrogens (tertiary/aromatic N) is 5. The Bertz CT molecular complexity index is 1040. The molecule has 7 nitrogen and oxygen atoms in total. The molecular formula is C18H18Cl2N5O2+. The molecule has 2 aliphatic heterocycles. The molecule has 3 amide bonds. The molecule has 1 fully saturated rings. The van der Waals surface area contributed by atoms with Crippen LogP contribution in [0.4, 0.5) is 10.7 Å². The van der Waals surface area contributed by atoms with Crippen molar-refractivity contribution < 1.29 is 14.2 Å². The van der Waals surface area contributed by atoms with Crippen LogP contribution in [0, 0.1) is 13.8 Å². The van der Waals surface area contributed by atoms with E-state index in [0.717, 1.165) is 11.4 Å². The molecule has 27 heavy (non-hydrogen) atoms. The van der Waals surface area contributed by atoms with E-state index in [1.54, 1.807) is 25.2 Å². The van der Waals surface area contributed by atoms with Gasteiger partial charge in [-0.15, -0.1) is 0 Å². The first-order valence-corrected chi connectivity index (χ1v) is 9.17. The van der Waals surface area contributed by atoms with Crippen LogP contribution in [0.25, 0.3) is 0 Å². The lowest BCUT2D eigenvalue weighted by molar-refractivity contribution is -0.663. The maximum Gasteiger partial charge on any atom is 0.401 e. The van der Waals surface area contributed by atoms with Crippen molar-refractivity contribution in [2.24, 2.45) is 12.0 Å². The number of carbonyl (C=O) groups is 2. The molecule has 1 saturated heterocycles. The van der Waals surface area contributed by atoms with Gasteiger partial charge in [0.05, 0.1) is 13.6 Å². The van der Waals surface area contributed by atoms with Crippen LogP contribution in [0.5, 0.6) is 0 Å². The number of hydrogen-bond acceptors (Lipinski definition) is 3. The Morgan fingerprint density at radius 2 is 1.93 bits per heavy atom. The Kier molecular flexibility index (Phi) is 4.05. The van der Waals surface area contributed by atoms with Gasteiger partial charge in [-0.1, -0.05) is 34.3 Å². The van der Waals surface area contributed by atoms with Crippen molar-refractivity contribution in [1.29, 1.82) is 0 Å². The second-order valence-corrected chi connectivity index (χ2v) is 7.62. The van der Waals surface area contributed by atoms with Crippen molar-refractivity contribution in [3.05, 3.63) is 45.2 Å². The van der Waals surface area contributed by atoms with Crippen LogP contribution in [0.15, 0.2) is 23.2 Å². The number of amides is 3. The second kappa shape index (κ2) is 6.07. The number of rotatable bonds is 2. The van der Waals surface area contributed by atoms with Crippen molar-refractivity contribution in [2.75, 3.05) is 7.05 Å². The van der Waals surface area contributed by atoms with Crippen molar-refractivity contribution in [3.8, 4) is 0 Å². The van der Waals surface area contributed by atoms with Crippen LogP contribution in [0.3, 0.4) is 0 Å². The molecule has 1 aromatic carbocycles. The summed E-state index contributed by atoms with van der Waals surface area (Å²) < 4.78 is 3.80. The van der Waals surface area contributed by atoms with Gasteiger partial charge in [0, 0.05) is 17.1 Å². The molecule has 0 saturated carbocycles. The number of likely N-dealkylation sites (N-methyl/N-ethyl adjacent to an activating group) is 1. The number of urea groups is 1. The predicted octanol–water partition coefficient (Wildman–Crippen LogP) is 2.92. The number of imidazole rings is 1. The zero-order valence-electron chi connectivity index (χ0n) is 15.3. The maximum atomic E-state index is 13.3. The minimum absolute atomic E-state index is 0.0720. The van der Waals surface area contributed by atoms with E-state index in [0.29, 0.717) is 27.4 Å². The molecule has 140 valence electrons. The monoisotopic (exact) mass is 406 g/mol. The number of amidine groups is 1. The molecule has 0 spiro atoms. The number of fused-ring (bicyclic) bond motifs is 3. The summed E-state index contributed by atoms with van der Waals surface area (Å²) in [4.78, 5) is 33.3. The summed E-state index contributed by atoms with van der Waals surface area (Å²) in [5, 5.41) is 0.912. The average molecular weight is 407 g/mol. The lowest BCUT2D eigenvalue weighted by Crippen LogP contribution is -2.57. The smallest absolute Gasteiger partial charge is 0.270 e. The minimum Gasteiger partial charge on any atom is -0.270 e. The molecule has 0 radical (unpaired) electrons. The standard InChI is InChI=1S/C18H18Cl2N5O2/c1-9-10(2)25-14-15(21-17(25)22(9)3)23(4)18(27)24(16(14)26)8-11-5-6-12(19)7-13(11)20/h5-7,14H,8H2,1-4H3/q+1. The van der Waals surface area contributed by atoms with Gasteiger partial charge in [0.15, 0.2) is 0 Å². The molecule has 2 aromatic rings. The van der Waals surface area contributed by atoms with Crippen molar-refractivity contribution in [1.82, 2.24) is 14.4 Å². The van der Waals surface area contributed by atoms with E-state index in [2.05, 4.69) is 4.99 Å². The van der Waals surface area contributed by atoms with Gasteiger partial charge in [-0.3, -0.25) is 14.6 Å². The van der Waals surface area contributed by atoms with Crippen LogP contribution in [-0.2, 0) is 18.4 Å². The van der Waals surface area contributed by atoms with Gasteiger partial charge in [0.1, 0.15) is 11.4 Å². The highest BCUT2D eigenvalue weighted by molar-refractivity contribution is 6.35. The summed E-state index contributed by atoms with van der Waals surface area (Å²) in [5.74, 6) is 0.779. The molecule has 1 atom stereocenters. The van der Waals surface area contributed by atoms with Crippen LogP contribution in [-0.4, -0.2) is 39.2 Å². The summed E-state index contributed by atoms with van der Waals surface area (Å²) >= 11 is 12.2. The SMILES string of the molecule is Cc1c(C)[n+](C)c2n1C1C(=O)N(Cc3ccc(Cl)cc3Cl)C(=O)N(C)C1=N2. The lowest BCUT2D eigenvalue weighted by atomic mass is 10.1. The van der Waals surface area contributed by atoms with Gasteiger partial charge >= 0.3 is 12.0 Å².